The van der Waals surface area contributed by atoms with Crippen molar-refractivity contribution in [1.29, 1.82) is 0 Å². The number of carbonyl (C=O) groups is 2. The number of likely N-dealkylation sites (tertiary alicyclic amines) is 1. The third-order valence-corrected chi connectivity index (χ3v) is 6.20. The Morgan fingerprint density at radius 1 is 1.00 bits per heavy atom. The third-order valence-electron chi connectivity index (χ3n) is 6.20. The number of benzene rings is 2. The molecule has 6 heteroatoms. The molecule has 158 valence electrons. The maximum atomic E-state index is 12.7. The first-order chi connectivity index (χ1) is 14.6. The van der Waals surface area contributed by atoms with E-state index in [1.54, 1.807) is 24.3 Å². The first-order valence-electron chi connectivity index (χ1n) is 10.7. The zero-order valence-electron chi connectivity index (χ0n) is 17.5. The number of esters is 1. The summed E-state index contributed by atoms with van der Waals surface area (Å²) in [5.74, 6) is 0.161. The van der Waals surface area contributed by atoms with Gasteiger partial charge in [0.25, 0.3) is 0 Å². The number of hydrogen-bond donors (Lipinski definition) is 1. The molecule has 30 heavy (non-hydrogen) atoms. The minimum atomic E-state index is -0.451. The van der Waals surface area contributed by atoms with Crippen molar-refractivity contribution in [2.24, 2.45) is 5.92 Å². The summed E-state index contributed by atoms with van der Waals surface area (Å²) in [5.41, 5.74) is 3.79. The standard InChI is InChI=1S/C24H29N3O3/c1-30-23(28)21-8-4-5-9-22(21)25-24(29)27-14-10-18(11-15-27)16-26-13-12-19-6-2-3-7-20(19)17-26/h2-9,18H,10-17H2,1H3,(H,25,29). The normalized spacial score (nSPS) is 17.3. The summed E-state index contributed by atoms with van der Waals surface area (Å²) in [7, 11) is 1.34. The molecule has 0 spiro atoms. The molecule has 1 N–H and O–H groups in total. The third kappa shape index (κ3) is 4.65. The Morgan fingerprint density at radius 2 is 1.70 bits per heavy atom. The lowest BCUT2D eigenvalue weighted by Crippen LogP contribution is -2.44. The molecule has 2 aromatic rings. The highest BCUT2D eigenvalue weighted by molar-refractivity contribution is 6.00. The van der Waals surface area contributed by atoms with E-state index in [2.05, 4.69) is 34.5 Å². The van der Waals surface area contributed by atoms with E-state index in [4.69, 9.17) is 4.74 Å². The van der Waals surface area contributed by atoms with Gasteiger partial charge in [0.1, 0.15) is 0 Å². The van der Waals surface area contributed by atoms with Crippen molar-refractivity contribution in [2.75, 3.05) is 38.6 Å². The van der Waals surface area contributed by atoms with Gasteiger partial charge in [0.05, 0.1) is 18.4 Å². The van der Waals surface area contributed by atoms with Gasteiger partial charge in [-0.05, 0) is 48.4 Å². The second kappa shape index (κ2) is 9.30. The molecule has 2 amide bonds. The number of ether oxygens (including phenoxy) is 1. The number of anilines is 1. The van der Waals surface area contributed by atoms with Crippen LogP contribution in [0.25, 0.3) is 0 Å². The van der Waals surface area contributed by atoms with Gasteiger partial charge in [-0.2, -0.15) is 0 Å². The van der Waals surface area contributed by atoms with Gasteiger partial charge in [0.15, 0.2) is 0 Å². The molecular formula is C24H29N3O3. The summed E-state index contributed by atoms with van der Waals surface area (Å²) in [6.45, 7) is 4.71. The topological polar surface area (TPSA) is 61.9 Å². The second-order valence-electron chi connectivity index (χ2n) is 8.15. The number of para-hydroxylation sites is 1. The minimum Gasteiger partial charge on any atom is -0.465 e. The summed E-state index contributed by atoms with van der Waals surface area (Å²) in [6.07, 6.45) is 3.13. The lowest BCUT2D eigenvalue weighted by atomic mass is 9.94. The van der Waals surface area contributed by atoms with Gasteiger partial charge >= 0.3 is 12.0 Å². The van der Waals surface area contributed by atoms with E-state index in [-0.39, 0.29) is 6.03 Å². The Bertz CT molecular complexity index is 906. The quantitative estimate of drug-likeness (QED) is 0.784. The van der Waals surface area contributed by atoms with Crippen LogP contribution >= 0.6 is 0 Å². The smallest absolute Gasteiger partial charge is 0.339 e. The maximum absolute atomic E-state index is 12.7. The van der Waals surface area contributed by atoms with E-state index in [1.165, 1.54) is 18.2 Å². The Balaban J connectivity index is 1.28. The molecule has 0 aliphatic carbocycles. The number of piperidine rings is 1. The van der Waals surface area contributed by atoms with E-state index >= 15 is 0 Å². The number of methoxy groups -OCH3 is 1. The van der Waals surface area contributed by atoms with Crippen LogP contribution in [0.4, 0.5) is 10.5 Å². The van der Waals surface area contributed by atoms with E-state index < -0.39 is 5.97 Å². The van der Waals surface area contributed by atoms with Crippen LogP contribution in [-0.4, -0.2) is 55.1 Å². The van der Waals surface area contributed by atoms with Crippen LogP contribution in [0.3, 0.4) is 0 Å². The van der Waals surface area contributed by atoms with Crippen LogP contribution in [0.15, 0.2) is 48.5 Å². The molecule has 6 nitrogen and oxygen atoms in total. The molecular weight excluding hydrogens is 378 g/mol. The number of fused-ring (bicyclic) bond motifs is 1. The number of carbonyl (C=O) groups excluding carboxylic acids is 2. The zero-order chi connectivity index (χ0) is 20.9. The Hall–Kier alpha value is -2.86. The molecule has 0 radical (unpaired) electrons. The summed E-state index contributed by atoms with van der Waals surface area (Å²) < 4.78 is 4.80. The molecule has 2 aromatic carbocycles. The van der Waals surface area contributed by atoms with Crippen molar-refractivity contribution in [2.45, 2.75) is 25.8 Å². The average Bonchev–Trinajstić information content (AvgIpc) is 2.79. The van der Waals surface area contributed by atoms with Crippen molar-refractivity contribution < 1.29 is 14.3 Å². The monoisotopic (exact) mass is 407 g/mol. The van der Waals surface area contributed by atoms with E-state index in [1.807, 2.05) is 4.90 Å². The van der Waals surface area contributed by atoms with Gasteiger partial charge in [-0.15, -0.1) is 0 Å². The lowest BCUT2D eigenvalue weighted by Gasteiger charge is -2.36. The van der Waals surface area contributed by atoms with Crippen LogP contribution in [0.1, 0.15) is 34.3 Å². The molecule has 2 aliphatic rings. The number of nitrogens with one attached hydrogen (secondary N) is 1. The van der Waals surface area contributed by atoms with Gasteiger partial charge in [-0.1, -0.05) is 36.4 Å². The second-order valence-corrected chi connectivity index (χ2v) is 8.15. The molecule has 1 fully saturated rings. The molecule has 0 unspecified atom stereocenters. The van der Waals surface area contributed by atoms with Crippen LogP contribution in [0.5, 0.6) is 0 Å². The fourth-order valence-electron chi connectivity index (χ4n) is 4.47. The first kappa shape index (κ1) is 20.4. The summed E-state index contributed by atoms with van der Waals surface area (Å²) in [4.78, 5) is 29.0. The van der Waals surface area contributed by atoms with Gasteiger partial charge < -0.3 is 15.0 Å². The van der Waals surface area contributed by atoms with Crippen LogP contribution in [0.2, 0.25) is 0 Å². The Labute approximate surface area is 177 Å². The van der Waals surface area contributed by atoms with Gasteiger partial charge in [-0.25, -0.2) is 9.59 Å². The molecule has 0 atom stereocenters. The Morgan fingerprint density at radius 3 is 2.47 bits per heavy atom. The van der Waals surface area contributed by atoms with Crippen molar-refractivity contribution >= 4 is 17.7 Å². The summed E-state index contributed by atoms with van der Waals surface area (Å²) in [6, 6.07) is 15.5. The van der Waals surface area contributed by atoms with Crippen LogP contribution in [-0.2, 0) is 17.7 Å². The molecule has 2 heterocycles. The van der Waals surface area contributed by atoms with Crippen molar-refractivity contribution in [3.8, 4) is 0 Å². The molecule has 0 bridgehead atoms. The van der Waals surface area contributed by atoms with E-state index in [0.717, 1.165) is 52.0 Å². The van der Waals surface area contributed by atoms with Crippen molar-refractivity contribution in [3.63, 3.8) is 0 Å². The maximum Gasteiger partial charge on any atom is 0.339 e. The fourth-order valence-corrected chi connectivity index (χ4v) is 4.47. The highest BCUT2D eigenvalue weighted by atomic mass is 16.5. The molecule has 0 aromatic heterocycles. The molecule has 4 rings (SSSR count). The number of urea groups is 1. The van der Waals surface area contributed by atoms with E-state index in [9.17, 15) is 9.59 Å². The predicted octanol–water partition coefficient (Wildman–Crippen LogP) is 3.78. The predicted molar refractivity (Wildman–Crippen MR) is 117 cm³/mol. The minimum absolute atomic E-state index is 0.156. The number of amides is 2. The fraction of sp³-hybridized carbons (Fsp3) is 0.417. The van der Waals surface area contributed by atoms with E-state index in [0.29, 0.717) is 17.2 Å². The summed E-state index contributed by atoms with van der Waals surface area (Å²) in [5, 5.41) is 2.88. The number of hydrogen-bond acceptors (Lipinski definition) is 4. The highest BCUT2D eigenvalue weighted by Crippen LogP contribution is 2.24. The first-order valence-corrected chi connectivity index (χ1v) is 10.7. The zero-order valence-corrected chi connectivity index (χ0v) is 17.5. The van der Waals surface area contributed by atoms with Gasteiger partial charge in [0, 0.05) is 32.7 Å². The van der Waals surface area contributed by atoms with Crippen molar-refractivity contribution in [3.05, 3.63) is 65.2 Å². The average molecular weight is 408 g/mol. The van der Waals surface area contributed by atoms with Crippen LogP contribution in [0, 0.1) is 5.92 Å². The SMILES string of the molecule is COC(=O)c1ccccc1NC(=O)N1CCC(CN2CCc3ccccc3C2)CC1. The van der Waals surface area contributed by atoms with Gasteiger partial charge in [-0.3, -0.25) is 4.90 Å². The highest BCUT2D eigenvalue weighted by Gasteiger charge is 2.26. The number of nitrogens with zero attached hydrogens (tertiary/aromatic N) is 2. The van der Waals surface area contributed by atoms with Crippen LogP contribution < -0.4 is 5.32 Å². The summed E-state index contributed by atoms with van der Waals surface area (Å²) >= 11 is 0. The number of rotatable bonds is 4. The van der Waals surface area contributed by atoms with Gasteiger partial charge in [0.2, 0.25) is 0 Å². The lowest BCUT2D eigenvalue weighted by molar-refractivity contribution is 0.0602. The van der Waals surface area contributed by atoms with Crippen molar-refractivity contribution in [1.82, 2.24) is 9.80 Å². The Kier molecular flexibility index (Phi) is 6.33. The largest absolute Gasteiger partial charge is 0.465 e. The molecule has 0 saturated carbocycles. The molecule has 2 aliphatic heterocycles. The molecule has 1 saturated heterocycles.